The van der Waals surface area contributed by atoms with Crippen LogP contribution in [0.4, 0.5) is 5.82 Å². The minimum atomic E-state index is 0.668. The third-order valence-electron chi connectivity index (χ3n) is 4.03. The number of anilines is 1. The molecule has 0 aliphatic heterocycles. The molecule has 0 saturated heterocycles. The van der Waals surface area contributed by atoms with Gasteiger partial charge in [0.05, 0.1) is 11.6 Å². The van der Waals surface area contributed by atoms with Crippen molar-refractivity contribution in [2.75, 3.05) is 18.4 Å². The number of nitrogens with one attached hydrogen (secondary N) is 1. The molecule has 0 aromatic carbocycles. The van der Waals surface area contributed by atoms with Gasteiger partial charge in [0.15, 0.2) is 0 Å². The van der Waals surface area contributed by atoms with E-state index in [9.17, 15) is 0 Å². The molecule has 2 heterocycles. The van der Waals surface area contributed by atoms with Gasteiger partial charge in [0.25, 0.3) is 0 Å². The Morgan fingerprint density at radius 2 is 2.22 bits per heavy atom. The Morgan fingerprint density at radius 1 is 1.33 bits per heavy atom. The second-order valence-corrected chi connectivity index (χ2v) is 5.06. The van der Waals surface area contributed by atoms with E-state index in [2.05, 4.69) is 10.3 Å². The molecule has 1 fully saturated rings. The van der Waals surface area contributed by atoms with Gasteiger partial charge in [-0.25, -0.2) is 4.98 Å². The van der Waals surface area contributed by atoms with Crippen molar-refractivity contribution in [2.24, 2.45) is 17.6 Å². The molecule has 0 amide bonds. The molecule has 4 heteroatoms. The highest BCUT2D eigenvalue weighted by Crippen LogP contribution is 2.31. The van der Waals surface area contributed by atoms with E-state index in [-0.39, 0.29) is 0 Å². The molecule has 2 atom stereocenters. The van der Waals surface area contributed by atoms with Crippen LogP contribution in [0.2, 0.25) is 0 Å². The Labute approximate surface area is 107 Å². The summed E-state index contributed by atoms with van der Waals surface area (Å²) in [6.07, 6.45) is 7.33. The number of nitrogens with zero attached hydrogens (tertiary/aromatic N) is 1. The number of hydrogen-bond acceptors (Lipinski definition) is 4. The van der Waals surface area contributed by atoms with Crippen LogP contribution in [-0.4, -0.2) is 18.1 Å². The van der Waals surface area contributed by atoms with E-state index >= 15 is 0 Å². The molecule has 0 bridgehead atoms. The van der Waals surface area contributed by atoms with Crippen molar-refractivity contribution in [1.82, 2.24) is 4.98 Å². The number of aromatic nitrogens is 1. The van der Waals surface area contributed by atoms with Crippen LogP contribution in [0.3, 0.4) is 0 Å². The summed E-state index contributed by atoms with van der Waals surface area (Å²) >= 11 is 0. The predicted octanol–water partition coefficient (Wildman–Crippen LogP) is 2.61. The topological polar surface area (TPSA) is 64.1 Å². The third-order valence-corrected chi connectivity index (χ3v) is 4.03. The molecule has 2 unspecified atom stereocenters. The highest BCUT2D eigenvalue weighted by molar-refractivity contribution is 5.87. The first-order valence-corrected chi connectivity index (χ1v) is 6.64. The number of nitrogens with two attached hydrogens (primary N) is 1. The smallest absolute Gasteiger partial charge is 0.139 e. The van der Waals surface area contributed by atoms with E-state index in [4.69, 9.17) is 10.2 Å². The van der Waals surface area contributed by atoms with Crippen LogP contribution in [0.1, 0.15) is 19.3 Å². The Bertz CT molecular complexity index is 522. The quantitative estimate of drug-likeness (QED) is 0.869. The van der Waals surface area contributed by atoms with E-state index in [0.717, 1.165) is 29.9 Å². The fourth-order valence-electron chi connectivity index (χ4n) is 2.96. The molecule has 2 aromatic heterocycles. The molecule has 1 saturated carbocycles. The van der Waals surface area contributed by atoms with Gasteiger partial charge < -0.3 is 15.5 Å². The summed E-state index contributed by atoms with van der Waals surface area (Å²) in [6.45, 7) is 1.76. The number of hydrogen-bond donors (Lipinski definition) is 2. The van der Waals surface area contributed by atoms with Gasteiger partial charge in [0.2, 0.25) is 0 Å². The van der Waals surface area contributed by atoms with E-state index in [1.807, 2.05) is 12.1 Å². The normalized spacial score (nSPS) is 23.6. The number of fused-ring (bicyclic) bond motifs is 1. The SMILES string of the molecule is NCC1CCCC1CNc1nccc2occc12. The average Bonchev–Trinajstić information content (AvgIpc) is 3.04. The molecular weight excluding hydrogens is 226 g/mol. The van der Waals surface area contributed by atoms with E-state index in [1.54, 1.807) is 12.5 Å². The third kappa shape index (κ3) is 2.08. The monoisotopic (exact) mass is 245 g/mol. The molecule has 2 aromatic rings. The fourth-order valence-corrected chi connectivity index (χ4v) is 2.96. The molecule has 1 aliphatic rings. The minimum absolute atomic E-state index is 0.668. The fraction of sp³-hybridized carbons (Fsp3) is 0.500. The Hall–Kier alpha value is -1.55. The van der Waals surface area contributed by atoms with Crippen molar-refractivity contribution in [2.45, 2.75) is 19.3 Å². The molecule has 96 valence electrons. The molecule has 0 radical (unpaired) electrons. The molecule has 1 aliphatic carbocycles. The van der Waals surface area contributed by atoms with Gasteiger partial charge in [-0.3, -0.25) is 0 Å². The van der Waals surface area contributed by atoms with Gasteiger partial charge >= 0.3 is 0 Å². The molecule has 18 heavy (non-hydrogen) atoms. The molecule has 4 nitrogen and oxygen atoms in total. The van der Waals surface area contributed by atoms with Gasteiger partial charge in [-0.15, -0.1) is 0 Å². The minimum Gasteiger partial charge on any atom is -0.464 e. The van der Waals surface area contributed by atoms with Crippen LogP contribution < -0.4 is 11.1 Å². The highest BCUT2D eigenvalue weighted by Gasteiger charge is 2.25. The second kappa shape index (κ2) is 4.98. The summed E-state index contributed by atoms with van der Waals surface area (Å²) in [7, 11) is 0. The van der Waals surface area contributed by atoms with Crippen molar-refractivity contribution in [3.05, 3.63) is 24.6 Å². The van der Waals surface area contributed by atoms with Gasteiger partial charge in [-0.2, -0.15) is 0 Å². The van der Waals surface area contributed by atoms with Crippen LogP contribution >= 0.6 is 0 Å². The summed E-state index contributed by atoms with van der Waals surface area (Å²) < 4.78 is 5.37. The summed E-state index contributed by atoms with van der Waals surface area (Å²) in [5.41, 5.74) is 6.69. The summed E-state index contributed by atoms with van der Waals surface area (Å²) in [5.74, 6) is 2.27. The number of furan rings is 1. The first-order chi connectivity index (χ1) is 8.88. The van der Waals surface area contributed by atoms with Crippen LogP contribution in [0.5, 0.6) is 0 Å². The van der Waals surface area contributed by atoms with Crippen molar-refractivity contribution in [3.8, 4) is 0 Å². The lowest BCUT2D eigenvalue weighted by Gasteiger charge is -2.18. The largest absolute Gasteiger partial charge is 0.464 e. The maximum atomic E-state index is 5.81. The first kappa shape index (κ1) is 11.5. The second-order valence-electron chi connectivity index (χ2n) is 5.06. The maximum Gasteiger partial charge on any atom is 0.139 e. The maximum absolute atomic E-state index is 5.81. The lowest BCUT2D eigenvalue weighted by atomic mass is 9.96. The van der Waals surface area contributed by atoms with Crippen LogP contribution in [0, 0.1) is 11.8 Å². The standard InChI is InChI=1S/C14H19N3O/c15-8-10-2-1-3-11(10)9-17-14-12-5-7-18-13(12)4-6-16-14/h4-7,10-11H,1-3,8-9,15H2,(H,16,17). The first-order valence-electron chi connectivity index (χ1n) is 6.64. The van der Waals surface area contributed by atoms with Crippen LogP contribution in [0.15, 0.2) is 29.0 Å². The highest BCUT2D eigenvalue weighted by atomic mass is 16.3. The molecule has 3 rings (SSSR count). The van der Waals surface area contributed by atoms with Gasteiger partial charge in [0, 0.05) is 12.7 Å². The number of rotatable bonds is 4. The van der Waals surface area contributed by atoms with E-state index in [0.29, 0.717) is 11.8 Å². The van der Waals surface area contributed by atoms with Crippen LogP contribution in [-0.2, 0) is 0 Å². The zero-order valence-electron chi connectivity index (χ0n) is 10.4. The van der Waals surface area contributed by atoms with Crippen molar-refractivity contribution in [1.29, 1.82) is 0 Å². The zero-order valence-corrected chi connectivity index (χ0v) is 10.4. The molecule has 3 N–H and O–H groups in total. The predicted molar refractivity (Wildman–Crippen MR) is 72.4 cm³/mol. The molecular formula is C14H19N3O. The van der Waals surface area contributed by atoms with E-state index in [1.165, 1.54) is 19.3 Å². The van der Waals surface area contributed by atoms with Gasteiger partial charge in [0.1, 0.15) is 11.4 Å². The van der Waals surface area contributed by atoms with Crippen LogP contribution in [0.25, 0.3) is 11.0 Å². The number of pyridine rings is 1. The van der Waals surface area contributed by atoms with Gasteiger partial charge in [-0.05, 0) is 43.4 Å². The average molecular weight is 245 g/mol. The lowest BCUT2D eigenvalue weighted by molar-refractivity contribution is 0.414. The van der Waals surface area contributed by atoms with Crippen molar-refractivity contribution >= 4 is 16.8 Å². The van der Waals surface area contributed by atoms with Crippen molar-refractivity contribution in [3.63, 3.8) is 0 Å². The summed E-state index contributed by atoms with van der Waals surface area (Å²) in [4.78, 5) is 4.39. The summed E-state index contributed by atoms with van der Waals surface area (Å²) in [5, 5.41) is 4.51. The zero-order chi connectivity index (χ0) is 12.4. The Balaban J connectivity index is 1.71. The lowest BCUT2D eigenvalue weighted by Crippen LogP contribution is -2.24. The molecule has 0 spiro atoms. The summed E-state index contributed by atoms with van der Waals surface area (Å²) in [6, 6.07) is 3.85. The van der Waals surface area contributed by atoms with Gasteiger partial charge in [-0.1, -0.05) is 6.42 Å². The Kier molecular flexibility index (Phi) is 3.19. The Morgan fingerprint density at radius 3 is 3.11 bits per heavy atom. The van der Waals surface area contributed by atoms with Crippen molar-refractivity contribution < 1.29 is 4.42 Å². The van der Waals surface area contributed by atoms with E-state index < -0.39 is 0 Å².